The van der Waals surface area contributed by atoms with Crippen molar-refractivity contribution in [2.24, 2.45) is 0 Å². The van der Waals surface area contributed by atoms with Gasteiger partial charge in [-0.2, -0.15) is 0 Å². The largest absolute Gasteiger partial charge is 0.464 e. The number of hydrogen-bond acceptors (Lipinski definition) is 5. The van der Waals surface area contributed by atoms with Gasteiger partial charge in [0.1, 0.15) is 0 Å². The molecule has 1 fully saturated rings. The van der Waals surface area contributed by atoms with Crippen molar-refractivity contribution < 1.29 is 19.1 Å². The molecule has 0 aromatic carbocycles. The van der Waals surface area contributed by atoms with Crippen LogP contribution >= 0.6 is 0 Å². The van der Waals surface area contributed by atoms with Gasteiger partial charge in [0.25, 0.3) is 0 Å². The summed E-state index contributed by atoms with van der Waals surface area (Å²) in [5.74, 6) is -1.05. The minimum atomic E-state index is -1.26. The smallest absolute Gasteiger partial charge is 0.338 e. The lowest BCUT2D eigenvalue weighted by Gasteiger charge is -2.24. The molecule has 5 heteroatoms. The Labute approximate surface area is 89.1 Å². The molecule has 1 aliphatic heterocycles. The van der Waals surface area contributed by atoms with Gasteiger partial charge in [0.15, 0.2) is 0 Å². The highest BCUT2D eigenvalue weighted by molar-refractivity contribution is 6.05. The molecule has 0 aromatic rings. The average molecular weight is 215 g/mol. The first-order valence-corrected chi connectivity index (χ1v) is 5.27. The highest BCUT2D eigenvalue weighted by Gasteiger charge is 2.50. The van der Waals surface area contributed by atoms with Crippen LogP contribution in [-0.2, 0) is 19.1 Å². The Morgan fingerprint density at radius 3 is 2.07 bits per heavy atom. The minimum absolute atomic E-state index is 0.266. The molecule has 1 saturated heterocycles. The van der Waals surface area contributed by atoms with Crippen molar-refractivity contribution in [2.45, 2.75) is 32.2 Å². The number of esters is 2. The fraction of sp³-hybridized carbons (Fsp3) is 0.800. The van der Waals surface area contributed by atoms with E-state index in [2.05, 4.69) is 5.32 Å². The van der Waals surface area contributed by atoms with Crippen molar-refractivity contribution in [1.29, 1.82) is 0 Å². The van der Waals surface area contributed by atoms with E-state index >= 15 is 0 Å². The summed E-state index contributed by atoms with van der Waals surface area (Å²) in [6.07, 6.45) is 1.22. The Morgan fingerprint density at radius 1 is 1.20 bits per heavy atom. The number of carbonyl (C=O) groups excluding carboxylic acids is 2. The van der Waals surface area contributed by atoms with Crippen molar-refractivity contribution in [2.75, 3.05) is 19.8 Å². The maximum absolute atomic E-state index is 11.7. The summed E-state index contributed by atoms with van der Waals surface area (Å²) >= 11 is 0. The summed E-state index contributed by atoms with van der Waals surface area (Å²) in [7, 11) is 0. The molecule has 0 radical (unpaired) electrons. The lowest BCUT2D eigenvalue weighted by Crippen LogP contribution is -2.56. The Balaban J connectivity index is 2.78. The highest BCUT2D eigenvalue weighted by Crippen LogP contribution is 2.22. The zero-order valence-electron chi connectivity index (χ0n) is 9.17. The third kappa shape index (κ3) is 2.28. The van der Waals surface area contributed by atoms with Gasteiger partial charge in [-0.25, -0.2) is 9.59 Å². The molecule has 1 N–H and O–H groups in total. The van der Waals surface area contributed by atoms with Gasteiger partial charge in [-0.05, 0) is 33.2 Å². The van der Waals surface area contributed by atoms with Crippen LogP contribution in [0.15, 0.2) is 0 Å². The van der Waals surface area contributed by atoms with Gasteiger partial charge in [-0.3, -0.25) is 5.32 Å². The molecule has 86 valence electrons. The van der Waals surface area contributed by atoms with Gasteiger partial charge in [0.05, 0.1) is 13.2 Å². The fourth-order valence-corrected chi connectivity index (χ4v) is 1.68. The molecule has 15 heavy (non-hydrogen) atoms. The SMILES string of the molecule is CCOC(=O)C1(C(=O)OCC)CCCN1. The Morgan fingerprint density at radius 2 is 1.73 bits per heavy atom. The summed E-state index contributed by atoms with van der Waals surface area (Å²) in [5.41, 5.74) is -1.26. The van der Waals surface area contributed by atoms with E-state index in [1.165, 1.54) is 0 Å². The maximum Gasteiger partial charge on any atom is 0.338 e. The van der Waals surface area contributed by atoms with Crippen molar-refractivity contribution in [3.8, 4) is 0 Å². The van der Waals surface area contributed by atoms with Crippen molar-refractivity contribution in [3.63, 3.8) is 0 Å². The van der Waals surface area contributed by atoms with Crippen molar-refractivity contribution in [1.82, 2.24) is 5.32 Å². The van der Waals surface area contributed by atoms with Crippen LogP contribution in [0, 0.1) is 0 Å². The molecule has 1 rings (SSSR count). The third-order valence-corrected chi connectivity index (χ3v) is 2.40. The average Bonchev–Trinajstić information content (AvgIpc) is 2.68. The number of ether oxygens (including phenoxy) is 2. The maximum atomic E-state index is 11.7. The molecule has 0 aliphatic carbocycles. The second-order valence-corrected chi connectivity index (χ2v) is 3.38. The molecule has 0 spiro atoms. The van der Waals surface area contributed by atoms with E-state index in [1.54, 1.807) is 13.8 Å². The monoisotopic (exact) mass is 215 g/mol. The van der Waals surface area contributed by atoms with Gasteiger partial charge < -0.3 is 9.47 Å². The van der Waals surface area contributed by atoms with Crippen LogP contribution in [0.2, 0.25) is 0 Å². The lowest BCUT2D eigenvalue weighted by atomic mass is 9.98. The van der Waals surface area contributed by atoms with E-state index in [1.807, 2.05) is 0 Å². The first kappa shape index (κ1) is 12.0. The third-order valence-electron chi connectivity index (χ3n) is 2.40. The van der Waals surface area contributed by atoms with Crippen molar-refractivity contribution >= 4 is 11.9 Å². The zero-order chi connectivity index (χ0) is 11.3. The molecule has 0 atom stereocenters. The summed E-state index contributed by atoms with van der Waals surface area (Å²) in [6.45, 7) is 4.60. The summed E-state index contributed by atoms with van der Waals surface area (Å²) in [4.78, 5) is 23.4. The molecular formula is C10H17NO4. The van der Waals surface area contributed by atoms with Crippen LogP contribution in [0.3, 0.4) is 0 Å². The molecule has 0 unspecified atom stereocenters. The first-order chi connectivity index (χ1) is 7.17. The number of hydrogen-bond donors (Lipinski definition) is 1. The molecule has 0 saturated carbocycles. The van der Waals surface area contributed by atoms with E-state index in [9.17, 15) is 9.59 Å². The topological polar surface area (TPSA) is 64.6 Å². The fourth-order valence-electron chi connectivity index (χ4n) is 1.68. The van der Waals surface area contributed by atoms with Gasteiger partial charge >= 0.3 is 11.9 Å². The lowest BCUT2D eigenvalue weighted by molar-refractivity contribution is -0.165. The van der Waals surface area contributed by atoms with E-state index in [0.717, 1.165) is 6.42 Å². The number of rotatable bonds is 4. The summed E-state index contributed by atoms with van der Waals surface area (Å²) in [6, 6.07) is 0. The predicted octanol–water partition coefficient (Wildman–Crippen LogP) is 0.235. The summed E-state index contributed by atoms with van der Waals surface area (Å²) in [5, 5.41) is 2.89. The predicted molar refractivity (Wildman–Crippen MR) is 53.2 cm³/mol. The molecule has 0 aromatic heterocycles. The minimum Gasteiger partial charge on any atom is -0.464 e. The second-order valence-electron chi connectivity index (χ2n) is 3.38. The van der Waals surface area contributed by atoms with Crippen LogP contribution in [0.25, 0.3) is 0 Å². The van der Waals surface area contributed by atoms with Crippen LogP contribution < -0.4 is 5.32 Å². The van der Waals surface area contributed by atoms with Gasteiger partial charge in [0.2, 0.25) is 5.54 Å². The van der Waals surface area contributed by atoms with Crippen LogP contribution in [0.4, 0.5) is 0 Å². The molecule has 1 aliphatic rings. The summed E-state index contributed by atoms with van der Waals surface area (Å²) < 4.78 is 9.79. The molecule has 5 nitrogen and oxygen atoms in total. The highest BCUT2D eigenvalue weighted by atomic mass is 16.6. The molecule has 1 heterocycles. The molecule has 0 bridgehead atoms. The van der Waals surface area contributed by atoms with Crippen LogP contribution in [0.5, 0.6) is 0 Å². The Kier molecular flexibility index (Phi) is 4.08. The standard InChI is InChI=1S/C10H17NO4/c1-3-14-8(12)10(6-5-7-11-10)9(13)15-4-2/h11H,3-7H2,1-2H3. The van der Waals surface area contributed by atoms with E-state index in [0.29, 0.717) is 13.0 Å². The van der Waals surface area contributed by atoms with Crippen LogP contribution in [-0.4, -0.2) is 37.2 Å². The van der Waals surface area contributed by atoms with Crippen molar-refractivity contribution in [3.05, 3.63) is 0 Å². The zero-order valence-corrected chi connectivity index (χ0v) is 9.17. The Bertz CT molecular complexity index is 226. The van der Waals surface area contributed by atoms with Gasteiger partial charge in [-0.1, -0.05) is 0 Å². The van der Waals surface area contributed by atoms with E-state index in [4.69, 9.17) is 9.47 Å². The first-order valence-electron chi connectivity index (χ1n) is 5.27. The van der Waals surface area contributed by atoms with E-state index < -0.39 is 17.5 Å². The quantitative estimate of drug-likeness (QED) is 0.537. The number of nitrogens with one attached hydrogen (secondary N) is 1. The van der Waals surface area contributed by atoms with Crippen LogP contribution in [0.1, 0.15) is 26.7 Å². The van der Waals surface area contributed by atoms with E-state index in [-0.39, 0.29) is 13.2 Å². The molecule has 0 amide bonds. The number of carbonyl (C=O) groups is 2. The second kappa shape index (κ2) is 5.11. The Hall–Kier alpha value is -1.10. The molecular weight excluding hydrogens is 198 g/mol. The van der Waals surface area contributed by atoms with Gasteiger partial charge in [-0.15, -0.1) is 0 Å². The normalized spacial score (nSPS) is 18.5. The van der Waals surface area contributed by atoms with Gasteiger partial charge in [0, 0.05) is 0 Å².